The van der Waals surface area contributed by atoms with Gasteiger partial charge in [-0.3, -0.25) is 0 Å². The van der Waals surface area contributed by atoms with Crippen LogP contribution in [0, 0.1) is 4.91 Å². The van der Waals surface area contributed by atoms with Gasteiger partial charge in [-0.1, -0.05) is 0 Å². The predicted molar refractivity (Wildman–Crippen MR) is 51.0 cm³/mol. The van der Waals surface area contributed by atoms with Crippen molar-refractivity contribution in [3.05, 3.63) is 28.7 Å². The summed E-state index contributed by atoms with van der Waals surface area (Å²) in [7, 11) is 1.32. The fraction of sp³-hybridized carbons (Fsp3) is 0.375. The minimum atomic E-state index is 0.444. The molecule has 0 unspecified atom stereocenters. The average molecular weight is 166 g/mol. The van der Waals surface area contributed by atoms with Crippen LogP contribution in [-0.4, -0.2) is 24.9 Å². The molecule has 0 aromatic rings. The molecule has 0 radical (unpaired) electrons. The molecule has 0 heterocycles. The van der Waals surface area contributed by atoms with Gasteiger partial charge in [0.1, 0.15) is 0 Å². The molecule has 0 aromatic heterocycles. The molecule has 0 saturated carbocycles. The quantitative estimate of drug-likeness (QED) is 0.464. The Kier molecular flexibility index (Phi) is 4.92. The van der Waals surface area contributed by atoms with Gasteiger partial charge in [-0.25, -0.2) is 0 Å². The van der Waals surface area contributed by atoms with Gasteiger partial charge in [0, 0.05) is 0 Å². The first-order chi connectivity index (χ1) is 5.61. The topological polar surface area (TPSA) is 29.3 Å². The van der Waals surface area contributed by atoms with E-state index >= 15 is 0 Å². The van der Waals surface area contributed by atoms with Crippen LogP contribution >= 0.6 is 0 Å². The molecule has 0 N–H and O–H groups in total. The third-order valence-electron chi connectivity index (χ3n) is 1.21. The number of hydrogen-bond acceptors (Lipinski definition) is 2. The molecule has 64 valence electrons. The summed E-state index contributed by atoms with van der Waals surface area (Å²) in [5.41, 5.74) is 1.35. The molecule has 0 aliphatic rings. The fourth-order valence-electron chi connectivity index (χ4n) is 0.596. The van der Waals surface area contributed by atoms with Gasteiger partial charge in [-0.2, -0.15) is 0 Å². The molecule has 0 spiro atoms. The van der Waals surface area contributed by atoms with Crippen LogP contribution in [-0.2, 0) is 4.84 Å². The zero-order valence-electron chi connectivity index (χ0n) is 7.70. The molecule has 0 rings (SSSR count). The number of hydrogen-bond donors (Lipinski definition) is 0. The Labute approximate surface area is 73.2 Å². The molecule has 0 amide bonds. The minimum absolute atomic E-state index is 0.444. The van der Waals surface area contributed by atoms with Crippen molar-refractivity contribution < 1.29 is 9.76 Å². The standard InChI is InChI=1S/C8H13BNO2/c1-5-8(10(11)12-4)6-9-7(2)3/h5-6H,2H2,1,3-4H3/q+1. The van der Waals surface area contributed by atoms with Crippen molar-refractivity contribution in [3.8, 4) is 0 Å². The second kappa shape index (κ2) is 5.46. The van der Waals surface area contributed by atoms with Gasteiger partial charge in [0.2, 0.25) is 0 Å². The monoisotopic (exact) mass is 166 g/mol. The van der Waals surface area contributed by atoms with E-state index in [9.17, 15) is 4.91 Å². The predicted octanol–water partition coefficient (Wildman–Crippen LogP) is 1.27. The third-order valence-corrected chi connectivity index (χ3v) is 1.21. The maximum atomic E-state index is 10.9. The van der Waals surface area contributed by atoms with E-state index in [1.807, 2.05) is 6.92 Å². The summed E-state index contributed by atoms with van der Waals surface area (Å²) < 4.78 is 0. The second-order valence-electron chi connectivity index (χ2n) is 2.33. The van der Waals surface area contributed by atoms with Gasteiger partial charge >= 0.3 is 72.3 Å². The summed E-state index contributed by atoms with van der Waals surface area (Å²) in [5, 5.41) is 0. The van der Waals surface area contributed by atoms with Crippen LogP contribution in [0.25, 0.3) is 0 Å². The number of allylic oxidation sites excluding steroid dienone is 3. The number of nitrogens with zero attached hydrogens (tertiary/aromatic N) is 1. The van der Waals surface area contributed by atoms with Crippen LogP contribution in [0.1, 0.15) is 13.8 Å². The summed E-state index contributed by atoms with van der Waals surface area (Å²) in [6.07, 6.45) is 1.66. The average Bonchev–Trinajstić information content (AvgIpc) is 2.04. The molecule has 0 saturated heterocycles. The van der Waals surface area contributed by atoms with Crippen molar-refractivity contribution in [2.45, 2.75) is 13.8 Å². The zero-order valence-corrected chi connectivity index (χ0v) is 7.70. The maximum absolute atomic E-state index is 10.9. The van der Waals surface area contributed by atoms with Crippen LogP contribution in [0.3, 0.4) is 0 Å². The fourth-order valence-corrected chi connectivity index (χ4v) is 0.596. The van der Waals surface area contributed by atoms with E-state index in [0.717, 1.165) is 5.47 Å². The second-order valence-corrected chi connectivity index (χ2v) is 2.33. The van der Waals surface area contributed by atoms with Crippen LogP contribution in [0.5, 0.6) is 0 Å². The Morgan fingerprint density at radius 1 is 1.67 bits per heavy atom. The van der Waals surface area contributed by atoms with E-state index in [-0.39, 0.29) is 0 Å². The summed E-state index contributed by atoms with van der Waals surface area (Å²) >= 11 is 0. The Balaban J connectivity index is 4.40. The molecule has 0 bridgehead atoms. The van der Waals surface area contributed by atoms with Crippen LogP contribution < -0.4 is 0 Å². The van der Waals surface area contributed by atoms with Crippen LogP contribution in [0.15, 0.2) is 23.8 Å². The first-order valence-electron chi connectivity index (χ1n) is 3.63. The van der Waals surface area contributed by atoms with Crippen molar-refractivity contribution in [2.24, 2.45) is 0 Å². The van der Waals surface area contributed by atoms with Gasteiger partial charge in [-0.05, 0) is 0 Å². The van der Waals surface area contributed by atoms with Gasteiger partial charge in [0.25, 0.3) is 0 Å². The third kappa shape index (κ3) is 3.86. The first kappa shape index (κ1) is 10.8. The van der Waals surface area contributed by atoms with Crippen molar-refractivity contribution in [3.63, 3.8) is 0 Å². The number of rotatable bonds is 4. The molecule has 0 atom stereocenters. The molecular weight excluding hydrogens is 153 g/mol. The molecule has 12 heavy (non-hydrogen) atoms. The van der Waals surface area contributed by atoms with Gasteiger partial charge in [-0.15, -0.1) is 0 Å². The molecule has 0 aromatic carbocycles. The van der Waals surface area contributed by atoms with E-state index in [2.05, 4.69) is 11.4 Å². The molecular formula is C8H13BNO2+. The van der Waals surface area contributed by atoms with E-state index in [1.54, 1.807) is 25.9 Å². The summed E-state index contributed by atoms with van der Waals surface area (Å²) in [6.45, 7) is 9.04. The summed E-state index contributed by atoms with van der Waals surface area (Å²) in [5.74, 6) is 1.65. The zero-order chi connectivity index (χ0) is 9.56. The van der Waals surface area contributed by atoms with Crippen molar-refractivity contribution >= 4 is 12.9 Å². The molecule has 0 fully saturated rings. The summed E-state index contributed by atoms with van der Waals surface area (Å²) in [4.78, 5) is 15.8. The SMILES string of the molecule is C=C(C)B=CC(=CC)[N+](=O)OC. The normalized spacial score (nSPS) is 11.1. The Bertz CT molecular complexity index is 243. The van der Waals surface area contributed by atoms with E-state index in [0.29, 0.717) is 10.6 Å². The van der Waals surface area contributed by atoms with Crippen molar-refractivity contribution in [1.82, 2.24) is 0 Å². The molecule has 0 aliphatic carbocycles. The van der Waals surface area contributed by atoms with E-state index in [4.69, 9.17) is 0 Å². The van der Waals surface area contributed by atoms with Gasteiger partial charge in [0.05, 0.1) is 0 Å². The Hall–Kier alpha value is -1.19. The van der Waals surface area contributed by atoms with E-state index < -0.39 is 0 Å². The first-order valence-corrected chi connectivity index (χ1v) is 3.63. The molecule has 3 nitrogen and oxygen atoms in total. The molecule has 0 aliphatic heterocycles. The van der Waals surface area contributed by atoms with Gasteiger partial charge in [0.15, 0.2) is 0 Å². The molecule has 4 heteroatoms. The van der Waals surface area contributed by atoms with Crippen molar-refractivity contribution in [2.75, 3.05) is 7.11 Å². The van der Waals surface area contributed by atoms with Crippen LogP contribution in [0.4, 0.5) is 0 Å². The van der Waals surface area contributed by atoms with E-state index in [1.165, 1.54) is 7.11 Å². The van der Waals surface area contributed by atoms with Gasteiger partial charge < -0.3 is 0 Å². The van der Waals surface area contributed by atoms with Crippen LogP contribution in [0.2, 0.25) is 0 Å². The Morgan fingerprint density at radius 2 is 2.25 bits per heavy atom. The summed E-state index contributed by atoms with van der Waals surface area (Å²) in [6, 6.07) is 0. The van der Waals surface area contributed by atoms with Crippen molar-refractivity contribution in [1.29, 1.82) is 0 Å². The Morgan fingerprint density at radius 3 is 2.58 bits per heavy atom.